The molecule has 0 unspecified atom stereocenters. The van der Waals surface area contributed by atoms with E-state index < -0.39 is 22.1 Å². The highest BCUT2D eigenvalue weighted by Crippen LogP contribution is 2.06. The molecule has 1 aromatic rings. The molecule has 8 heteroatoms. The Morgan fingerprint density at radius 2 is 2.29 bits per heavy atom. The van der Waals surface area contributed by atoms with Gasteiger partial charge in [0.15, 0.2) is 0 Å². The van der Waals surface area contributed by atoms with Crippen molar-refractivity contribution in [3.05, 3.63) is 38.3 Å². The van der Waals surface area contributed by atoms with Gasteiger partial charge in [-0.3, -0.25) is 14.9 Å². The zero-order chi connectivity index (χ0) is 10.7. The summed E-state index contributed by atoms with van der Waals surface area (Å²) in [6.07, 6.45) is 0.977. The van der Waals surface area contributed by atoms with E-state index in [1.807, 2.05) is 4.98 Å². The summed E-state index contributed by atoms with van der Waals surface area (Å²) in [7, 11) is 0. The number of carbonyl (C=O) groups is 1. The van der Waals surface area contributed by atoms with Crippen molar-refractivity contribution in [1.29, 1.82) is 0 Å². The molecule has 0 bridgehead atoms. The van der Waals surface area contributed by atoms with Crippen LogP contribution in [0.5, 0.6) is 0 Å². The Kier molecular flexibility index (Phi) is 2.58. The minimum absolute atomic E-state index is 0.196. The predicted molar refractivity (Wildman–Crippen MR) is 43.3 cm³/mol. The monoisotopic (exact) mass is 199 g/mol. The fourth-order valence-electron chi connectivity index (χ4n) is 0.793. The fraction of sp³-hybridized carbons (Fsp3) is 0. The van der Waals surface area contributed by atoms with Crippen molar-refractivity contribution in [1.82, 2.24) is 4.98 Å². The van der Waals surface area contributed by atoms with Gasteiger partial charge in [-0.05, 0) is 0 Å². The van der Waals surface area contributed by atoms with Crippen molar-refractivity contribution in [2.45, 2.75) is 0 Å². The number of nitrogens with zero attached hydrogens (tertiary/aromatic N) is 1. The lowest BCUT2D eigenvalue weighted by atomic mass is 10.3. The van der Waals surface area contributed by atoms with Crippen molar-refractivity contribution < 1.29 is 14.6 Å². The molecule has 0 aliphatic carbocycles. The summed E-state index contributed by atoms with van der Waals surface area (Å²) < 4.78 is 0. The van der Waals surface area contributed by atoms with E-state index in [0.717, 1.165) is 12.3 Å². The largest absolute Gasteiger partial charge is 0.370 e. The lowest BCUT2D eigenvalue weighted by Gasteiger charge is -1.96. The maximum absolute atomic E-state index is 10.8. The highest BCUT2D eigenvalue weighted by atomic mass is 16.7. The maximum atomic E-state index is 10.8. The van der Waals surface area contributed by atoms with Crippen LogP contribution in [0.25, 0.3) is 0 Å². The summed E-state index contributed by atoms with van der Waals surface area (Å²) in [5.41, 5.74) is -1.84. The Balaban J connectivity index is 3.26. The average Bonchev–Trinajstić information content (AvgIpc) is 2.17. The first-order chi connectivity index (χ1) is 6.56. The molecule has 1 rings (SSSR count). The third kappa shape index (κ3) is 1.75. The maximum Gasteiger partial charge on any atom is 0.358 e. The molecule has 3 N–H and O–H groups in total. The lowest BCUT2D eigenvalue weighted by molar-refractivity contribution is -0.386. The van der Waals surface area contributed by atoms with E-state index in [-0.39, 0.29) is 5.56 Å². The topological polar surface area (TPSA) is 128 Å². The Morgan fingerprint density at radius 3 is 2.79 bits per heavy atom. The first-order valence-electron chi connectivity index (χ1n) is 3.34. The van der Waals surface area contributed by atoms with E-state index in [1.54, 1.807) is 0 Å². The third-order valence-corrected chi connectivity index (χ3v) is 1.42. The van der Waals surface area contributed by atoms with E-state index in [4.69, 9.17) is 0 Å². The molecule has 14 heavy (non-hydrogen) atoms. The van der Waals surface area contributed by atoms with E-state index in [2.05, 4.69) is 10.7 Å². The number of nitro groups is 1. The van der Waals surface area contributed by atoms with Gasteiger partial charge in [0.25, 0.3) is 0 Å². The van der Waals surface area contributed by atoms with Crippen molar-refractivity contribution in [3.8, 4) is 0 Å². The van der Waals surface area contributed by atoms with Crippen LogP contribution in [0.2, 0.25) is 0 Å². The van der Waals surface area contributed by atoms with Crippen molar-refractivity contribution in [3.63, 3.8) is 0 Å². The summed E-state index contributed by atoms with van der Waals surface area (Å²) >= 11 is 0. The number of aromatic nitrogens is 1. The summed E-state index contributed by atoms with van der Waals surface area (Å²) in [6.45, 7) is 0. The first-order valence-corrected chi connectivity index (χ1v) is 3.34. The van der Waals surface area contributed by atoms with Crippen LogP contribution in [-0.2, 0) is 4.84 Å². The van der Waals surface area contributed by atoms with Crippen molar-refractivity contribution in [2.75, 3.05) is 0 Å². The van der Waals surface area contributed by atoms with Crippen LogP contribution in [0.15, 0.2) is 17.1 Å². The van der Waals surface area contributed by atoms with Gasteiger partial charge in [-0.15, -0.1) is 0 Å². The highest BCUT2D eigenvalue weighted by Gasteiger charge is 2.16. The summed E-state index contributed by atoms with van der Waals surface area (Å²) in [5.74, 6) is 3.59. The van der Waals surface area contributed by atoms with Crippen LogP contribution in [0.3, 0.4) is 0 Å². The minimum atomic E-state index is -0.968. The SMILES string of the molecule is NOC(=O)c1c[nH]c(=O)c([N+](=O)[O-])c1. The number of nitrogens with two attached hydrogens (primary N) is 1. The number of carbonyl (C=O) groups excluding carboxylic acids is 1. The van der Waals surface area contributed by atoms with Crippen LogP contribution in [0.1, 0.15) is 10.4 Å². The second-order valence-corrected chi connectivity index (χ2v) is 2.27. The molecule has 0 saturated carbocycles. The van der Waals surface area contributed by atoms with E-state index >= 15 is 0 Å². The van der Waals surface area contributed by atoms with Crippen molar-refractivity contribution in [2.24, 2.45) is 5.90 Å². The van der Waals surface area contributed by atoms with E-state index in [1.165, 1.54) is 0 Å². The number of nitrogens with one attached hydrogen (secondary N) is 1. The lowest BCUT2D eigenvalue weighted by Crippen LogP contribution is -2.16. The molecule has 0 radical (unpaired) electrons. The molecule has 74 valence electrons. The number of pyridine rings is 1. The first kappa shape index (κ1) is 9.86. The van der Waals surface area contributed by atoms with Crippen LogP contribution in [0, 0.1) is 10.1 Å². The number of rotatable bonds is 2. The Labute approximate surface area is 76.4 Å². The van der Waals surface area contributed by atoms with Crippen LogP contribution in [-0.4, -0.2) is 15.9 Å². The van der Waals surface area contributed by atoms with Gasteiger partial charge in [-0.25, -0.2) is 4.79 Å². The summed E-state index contributed by atoms with van der Waals surface area (Å²) in [5, 5.41) is 10.3. The van der Waals surface area contributed by atoms with Crippen LogP contribution >= 0.6 is 0 Å². The average molecular weight is 199 g/mol. The predicted octanol–water partition coefficient (Wildman–Crippen LogP) is -0.686. The normalized spacial score (nSPS) is 9.50. The van der Waals surface area contributed by atoms with Crippen molar-refractivity contribution >= 4 is 11.7 Å². The van der Waals surface area contributed by atoms with Gasteiger partial charge < -0.3 is 9.82 Å². The molecule has 0 aliphatic rings. The molecule has 0 aliphatic heterocycles. The van der Waals surface area contributed by atoms with Gasteiger partial charge in [0, 0.05) is 12.3 Å². The fourth-order valence-corrected chi connectivity index (χ4v) is 0.793. The van der Waals surface area contributed by atoms with Crippen LogP contribution in [0.4, 0.5) is 5.69 Å². The Hall–Kier alpha value is -2.22. The van der Waals surface area contributed by atoms with Gasteiger partial charge in [0.05, 0.1) is 10.5 Å². The van der Waals surface area contributed by atoms with Gasteiger partial charge in [-0.1, -0.05) is 0 Å². The summed E-state index contributed by atoms with van der Waals surface area (Å²) in [6, 6.07) is 0.786. The second-order valence-electron chi connectivity index (χ2n) is 2.27. The molecule has 1 aromatic heterocycles. The molecule has 0 fully saturated rings. The second kappa shape index (κ2) is 3.66. The quantitative estimate of drug-likeness (QED) is 0.479. The molecule has 0 amide bonds. The summed E-state index contributed by atoms with van der Waals surface area (Å²) in [4.78, 5) is 36.9. The molecular formula is C6H5N3O5. The van der Waals surface area contributed by atoms with E-state index in [0.29, 0.717) is 0 Å². The minimum Gasteiger partial charge on any atom is -0.370 e. The van der Waals surface area contributed by atoms with Gasteiger partial charge in [0.1, 0.15) is 0 Å². The Bertz CT molecular complexity index is 437. The molecular weight excluding hydrogens is 194 g/mol. The third-order valence-electron chi connectivity index (χ3n) is 1.42. The number of hydrogen-bond donors (Lipinski definition) is 2. The molecule has 0 aromatic carbocycles. The molecule has 1 heterocycles. The number of hydrogen-bond acceptors (Lipinski definition) is 6. The standard InChI is InChI=1S/C6H5N3O5/c7-14-6(11)3-1-4(9(12)13)5(10)8-2-3/h1-2H,7H2,(H,8,10). The smallest absolute Gasteiger partial charge is 0.358 e. The van der Waals surface area contributed by atoms with Gasteiger partial charge in [-0.2, -0.15) is 5.90 Å². The zero-order valence-corrected chi connectivity index (χ0v) is 6.72. The van der Waals surface area contributed by atoms with E-state index in [9.17, 15) is 19.7 Å². The molecule has 0 spiro atoms. The zero-order valence-electron chi connectivity index (χ0n) is 6.72. The van der Waals surface area contributed by atoms with Gasteiger partial charge >= 0.3 is 17.2 Å². The molecule has 0 saturated heterocycles. The number of H-pyrrole nitrogens is 1. The van der Waals surface area contributed by atoms with Crippen LogP contribution < -0.4 is 11.5 Å². The molecule has 8 nitrogen and oxygen atoms in total. The van der Waals surface area contributed by atoms with Gasteiger partial charge in [0.2, 0.25) is 0 Å². The Morgan fingerprint density at radius 1 is 1.64 bits per heavy atom. The number of aromatic amines is 1. The molecule has 0 atom stereocenters. The highest BCUT2D eigenvalue weighted by molar-refractivity contribution is 5.89.